The SMILES string of the molecule is CC(C)c1ccc(COc2ccc(C=Cc3cccc4c3c(CC(=O)O)cn4CCCC(=O)O)cc2)cc1. The van der Waals surface area contributed by atoms with Gasteiger partial charge >= 0.3 is 11.9 Å². The first-order chi connectivity index (χ1) is 18.3. The zero-order valence-electron chi connectivity index (χ0n) is 21.8. The highest BCUT2D eigenvalue weighted by molar-refractivity contribution is 5.96. The summed E-state index contributed by atoms with van der Waals surface area (Å²) in [5.41, 5.74) is 5.97. The van der Waals surface area contributed by atoms with Crippen LogP contribution in [0.4, 0.5) is 0 Å². The molecule has 0 saturated heterocycles. The summed E-state index contributed by atoms with van der Waals surface area (Å²) < 4.78 is 7.91. The predicted octanol–water partition coefficient (Wildman–Crippen LogP) is 7.01. The highest BCUT2D eigenvalue weighted by Crippen LogP contribution is 2.28. The molecular formula is C32H33NO5. The maximum absolute atomic E-state index is 11.5. The van der Waals surface area contributed by atoms with E-state index in [1.165, 1.54) is 5.56 Å². The van der Waals surface area contributed by atoms with Gasteiger partial charge in [0.1, 0.15) is 12.4 Å². The number of hydrogen-bond acceptors (Lipinski definition) is 3. The van der Waals surface area contributed by atoms with Gasteiger partial charge in [0.05, 0.1) is 6.42 Å². The highest BCUT2D eigenvalue weighted by atomic mass is 16.5. The molecule has 0 amide bonds. The Hall–Kier alpha value is -4.32. The maximum atomic E-state index is 11.5. The zero-order chi connectivity index (χ0) is 27.1. The molecule has 1 aromatic heterocycles. The lowest BCUT2D eigenvalue weighted by Gasteiger charge is -2.09. The third-order valence-electron chi connectivity index (χ3n) is 6.54. The molecule has 6 nitrogen and oxygen atoms in total. The molecule has 0 atom stereocenters. The standard InChI is InChI=1S/C32H33NO5/c1-22(2)25-13-9-24(10-14-25)21-38-28-16-11-23(12-17-28)8-15-26-5-3-6-29-32(26)27(19-31(36)37)20-33(29)18-4-7-30(34)35/h3,5-6,8-17,20,22H,4,7,18-19,21H2,1-2H3,(H,34,35)(H,36,37). The van der Waals surface area contributed by atoms with Crippen LogP contribution in [0, 0.1) is 0 Å². The average Bonchev–Trinajstić information content (AvgIpc) is 3.24. The van der Waals surface area contributed by atoms with Gasteiger partial charge in [0.25, 0.3) is 0 Å². The summed E-state index contributed by atoms with van der Waals surface area (Å²) >= 11 is 0. The van der Waals surface area contributed by atoms with Gasteiger partial charge in [-0.1, -0.05) is 74.5 Å². The van der Waals surface area contributed by atoms with Crippen molar-refractivity contribution >= 4 is 35.0 Å². The normalized spacial score (nSPS) is 11.4. The Morgan fingerprint density at radius 1 is 0.921 bits per heavy atom. The van der Waals surface area contributed by atoms with E-state index in [0.717, 1.165) is 33.3 Å². The number of aryl methyl sites for hydroxylation is 1. The number of aliphatic carboxylic acids is 2. The number of carboxylic acid groups (broad SMARTS) is 2. The van der Waals surface area contributed by atoms with E-state index in [1.807, 2.05) is 65.4 Å². The third-order valence-corrected chi connectivity index (χ3v) is 6.54. The molecule has 0 spiro atoms. The zero-order valence-corrected chi connectivity index (χ0v) is 21.8. The summed E-state index contributed by atoms with van der Waals surface area (Å²) in [6, 6.07) is 22.2. The maximum Gasteiger partial charge on any atom is 0.307 e. The number of ether oxygens (including phenoxy) is 1. The molecule has 1 heterocycles. The second-order valence-corrected chi connectivity index (χ2v) is 9.74. The largest absolute Gasteiger partial charge is 0.489 e. The van der Waals surface area contributed by atoms with Crippen LogP contribution in [0.3, 0.4) is 0 Å². The van der Waals surface area contributed by atoms with Gasteiger partial charge in [-0.3, -0.25) is 9.59 Å². The number of fused-ring (bicyclic) bond motifs is 1. The minimum atomic E-state index is -0.903. The topological polar surface area (TPSA) is 88.8 Å². The second-order valence-electron chi connectivity index (χ2n) is 9.74. The number of nitrogens with zero attached hydrogens (tertiary/aromatic N) is 1. The number of carboxylic acids is 2. The Balaban J connectivity index is 1.48. The fourth-order valence-corrected chi connectivity index (χ4v) is 4.52. The van der Waals surface area contributed by atoms with E-state index in [0.29, 0.717) is 31.1 Å². The van der Waals surface area contributed by atoms with E-state index in [9.17, 15) is 14.7 Å². The monoisotopic (exact) mass is 511 g/mol. The minimum Gasteiger partial charge on any atom is -0.489 e. The lowest BCUT2D eigenvalue weighted by molar-refractivity contribution is -0.137. The van der Waals surface area contributed by atoms with E-state index in [1.54, 1.807) is 0 Å². The number of aromatic nitrogens is 1. The lowest BCUT2D eigenvalue weighted by Crippen LogP contribution is -2.01. The van der Waals surface area contributed by atoms with Crippen molar-refractivity contribution in [2.24, 2.45) is 0 Å². The van der Waals surface area contributed by atoms with Gasteiger partial charge in [-0.05, 0) is 58.4 Å². The van der Waals surface area contributed by atoms with Crippen molar-refractivity contribution in [3.8, 4) is 5.75 Å². The fraction of sp³-hybridized carbons (Fsp3) is 0.250. The summed E-state index contributed by atoms with van der Waals surface area (Å²) in [5.74, 6) is -0.447. The van der Waals surface area contributed by atoms with E-state index in [2.05, 4.69) is 38.1 Å². The minimum absolute atomic E-state index is 0.0671. The molecule has 0 saturated carbocycles. The molecule has 0 bridgehead atoms. The third kappa shape index (κ3) is 6.91. The highest BCUT2D eigenvalue weighted by Gasteiger charge is 2.14. The van der Waals surface area contributed by atoms with E-state index in [-0.39, 0.29) is 12.8 Å². The Kier molecular flexibility index (Phi) is 8.64. The van der Waals surface area contributed by atoms with Gasteiger partial charge in [-0.25, -0.2) is 0 Å². The van der Waals surface area contributed by atoms with Crippen molar-refractivity contribution in [3.63, 3.8) is 0 Å². The van der Waals surface area contributed by atoms with Crippen LogP contribution in [0.2, 0.25) is 0 Å². The summed E-state index contributed by atoms with van der Waals surface area (Å²) in [7, 11) is 0. The smallest absolute Gasteiger partial charge is 0.307 e. The molecule has 6 heteroatoms. The summed E-state index contributed by atoms with van der Waals surface area (Å²) in [6.07, 6.45) is 6.26. The van der Waals surface area contributed by atoms with Crippen LogP contribution >= 0.6 is 0 Å². The van der Waals surface area contributed by atoms with Crippen molar-refractivity contribution in [2.45, 2.75) is 52.2 Å². The number of rotatable bonds is 12. The van der Waals surface area contributed by atoms with Crippen molar-refractivity contribution in [1.82, 2.24) is 4.57 Å². The van der Waals surface area contributed by atoms with Gasteiger partial charge < -0.3 is 19.5 Å². The second kappa shape index (κ2) is 12.3. The van der Waals surface area contributed by atoms with E-state index < -0.39 is 11.9 Å². The lowest BCUT2D eigenvalue weighted by atomic mass is 10.0. The molecule has 0 unspecified atom stereocenters. The number of carbonyl (C=O) groups is 2. The molecule has 0 aliphatic carbocycles. The number of hydrogen-bond donors (Lipinski definition) is 2. The van der Waals surface area contributed by atoms with Gasteiger partial charge in [-0.2, -0.15) is 0 Å². The molecule has 2 N–H and O–H groups in total. The molecule has 3 aromatic carbocycles. The Labute approximate surface area is 222 Å². The molecule has 0 aliphatic heterocycles. The van der Waals surface area contributed by atoms with Crippen LogP contribution in [-0.4, -0.2) is 26.7 Å². The summed E-state index contributed by atoms with van der Waals surface area (Å²) in [4.78, 5) is 22.4. The molecule has 0 fully saturated rings. The first-order valence-electron chi connectivity index (χ1n) is 12.8. The molecule has 4 aromatic rings. The van der Waals surface area contributed by atoms with Crippen molar-refractivity contribution in [2.75, 3.05) is 0 Å². The first-order valence-corrected chi connectivity index (χ1v) is 12.8. The van der Waals surface area contributed by atoms with Gasteiger partial charge in [0.2, 0.25) is 0 Å². The molecule has 196 valence electrons. The molecular weight excluding hydrogens is 478 g/mol. The predicted molar refractivity (Wildman–Crippen MR) is 150 cm³/mol. The Morgan fingerprint density at radius 2 is 1.66 bits per heavy atom. The van der Waals surface area contributed by atoms with Crippen molar-refractivity contribution in [3.05, 3.63) is 101 Å². The van der Waals surface area contributed by atoms with Gasteiger partial charge in [0, 0.05) is 30.1 Å². The molecule has 0 aliphatic rings. The van der Waals surface area contributed by atoms with Gasteiger partial charge in [0.15, 0.2) is 0 Å². The Morgan fingerprint density at radius 3 is 2.32 bits per heavy atom. The molecule has 0 radical (unpaired) electrons. The summed E-state index contributed by atoms with van der Waals surface area (Å²) in [5, 5.41) is 19.3. The van der Waals surface area contributed by atoms with Gasteiger partial charge in [-0.15, -0.1) is 0 Å². The van der Waals surface area contributed by atoms with Crippen LogP contribution in [0.25, 0.3) is 23.1 Å². The van der Waals surface area contributed by atoms with Crippen LogP contribution in [0.5, 0.6) is 5.75 Å². The first kappa shape index (κ1) is 26.7. The number of benzene rings is 3. The average molecular weight is 512 g/mol. The van der Waals surface area contributed by atoms with Crippen molar-refractivity contribution in [1.29, 1.82) is 0 Å². The molecule has 4 rings (SSSR count). The van der Waals surface area contributed by atoms with E-state index in [4.69, 9.17) is 9.84 Å². The fourth-order valence-electron chi connectivity index (χ4n) is 4.52. The van der Waals surface area contributed by atoms with E-state index >= 15 is 0 Å². The van der Waals surface area contributed by atoms with Crippen LogP contribution < -0.4 is 4.74 Å². The van der Waals surface area contributed by atoms with Crippen LogP contribution in [0.1, 0.15) is 60.4 Å². The Bertz CT molecular complexity index is 1430. The van der Waals surface area contributed by atoms with Crippen LogP contribution in [-0.2, 0) is 29.2 Å². The quantitative estimate of drug-likeness (QED) is 0.200. The van der Waals surface area contributed by atoms with Crippen molar-refractivity contribution < 1.29 is 24.5 Å². The molecule has 38 heavy (non-hydrogen) atoms. The van der Waals surface area contributed by atoms with Crippen LogP contribution in [0.15, 0.2) is 72.9 Å². The summed E-state index contributed by atoms with van der Waals surface area (Å²) in [6.45, 7) is 5.38.